The van der Waals surface area contributed by atoms with Crippen LogP contribution in [0.2, 0.25) is 0 Å². The molecule has 2 aromatic rings. The number of hydrogen-bond donors (Lipinski definition) is 0. The van der Waals surface area contributed by atoms with Gasteiger partial charge in [-0.2, -0.15) is 9.49 Å². The Labute approximate surface area is 172 Å². The predicted molar refractivity (Wildman–Crippen MR) is 109 cm³/mol. The van der Waals surface area contributed by atoms with Gasteiger partial charge >= 0.3 is 0 Å². The van der Waals surface area contributed by atoms with Crippen molar-refractivity contribution in [3.05, 3.63) is 53.6 Å². The largest absolute Gasteiger partial charge is 0.329 e. The van der Waals surface area contributed by atoms with E-state index in [4.69, 9.17) is 0 Å². The van der Waals surface area contributed by atoms with Crippen molar-refractivity contribution in [3.63, 3.8) is 0 Å². The Morgan fingerprint density at radius 1 is 1.41 bits per heavy atom. The SMILES string of the molecule is C=C(c1cccc(SCC)c1)C(C)N(C(=O)c1c(C(F)F)nn(C)c1F)C1CC1. The maximum atomic E-state index is 14.5. The van der Waals surface area contributed by atoms with Gasteiger partial charge in [0.15, 0.2) is 0 Å². The lowest BCUT2D eigenvalue weighted by atomic mass is 9.99. The highest BCUT2D eigenvalue weighted by molar-refractivity contribution is 7.99. The van der Waals surface area contributed by atoms with Gasteiger partial charge in [-0.1, -0.05) is 25.6 Å². The number of rotatable bonds is 8. The monoisotopic (exact) mass is 423 g/mol. The van der Waals surface area contributed by atoms with E-state index in [-0.39, 0.29) is 6.04 Å². The number of hydrogen-bond acceptors (Lipinski definition) is 3. The van der Waals surface area contributed by atoms with Crippen LogP contribution in [0.4, 0.5) is 13.2 Å². The molecule has 0 radical (unpaired) electrons. The maximum Gasteiger partial charge on any atom is 0.283 e. The minimum atomic E-state index is -3.04. The van der Waals surface area contributed by atoms with Gasteiger partial charge in [0.1, 0.15) is 11.3 Å². The summed E-state index contributed by atoms with van der Waals surface area (Å²) in [6, 6.07) is 7.24. The first-order valence-electron chi connectivity index (χ1n) is 9.51. The summed E-state index contributed by atoms with van der Waals surface area (Å²) in [6.07, 6.45) is -1.53. The average molecular weight is 424 g/mol. The molecule has 1 aromatic heterocycles. The van der Waals surface area contributed by atoms with Crippen LogP contribution in [0.5, 0.6) is 0 Å². The van der Waals surface area contributed by atoms with E-state index in [9.17, 15) is 18.0 Å². The summed E-state index contributed by atoms with van der Waals surface area (Å²) >= 11 is 1.69. The number of aryl methyl sites for hydroxylation is 1. The van der Waals surface area contributed by atoms with Gasteiger partial charge < -0.3 is 4.90 Å². The Hall–Kier alpha value is -2.22. The number of thioether (sulfide) groups is 1. The van der Waals surface area contributed by atoms with Crippen LogP contribution in [0.15, 0.2) is 35.7 Å². The second-order valence-electron chi connectivity index (χ2n) is 7.08. The van der Waals surface area contributed by atoms with Crippen molar-refractivity contribution >= 4 is 23.2 Å². The highest BCUT2D eigenvalue weighted by Crippen LogP contribution is 2.36. The number of carbonyl (C=O) groups is 1. The normalized spacial score (nSPS) is 14.9. The average Bonchev–Trinajstić information content (AvgIpc) is 3.47. The summed E-state index contributed by atoms with van der Waals surface area (Å²) in [6.45, 7) is 8.01. The van der Waals surface area contributed by atoms with E-state index in [0.29, 0.717) is 10.3 Å². The summed E-state index contributed by atoms with van der Waals surface area (Å²) in [5, 5.41) is 3.51. The Bertz CT molecular complexity index is 924. The molecule has 1 fully saturated rings. The molecule has 0 bridgehead atoms. The number of nitrogens with zero attached hydrogens (tertiary/aromatic N) is 3. The van der Waals surface area contributed by atoms with E-state index in [0.717, 1.165) is 29.1 Å². The van der Waals surface area contributed by atoms with Crippen LogP contribution in [0.3, 0.4) is 0 Å². The molecule has 29 heavy (non-hydrogen) atoms. The van der Waals surface area contributed by atoms with Crippen LogP contribution in [-0.2, 0) is 7.05 Å². The van der Waals surface area contributed by atoms with E-state index in [1.165, 1.54) is 11.9 Å². The zero-order valence-electron chi connectivity index (χ0n) is 16.7. The van der Waals surface area contributed by atoms with E-state index < -0.39 is 35.6 Å². The van der Waals surface area contributed by atoms with Crippen molar-refractivity contribution in [2.75, 3.05) is 5.75 Å². The lowest BCUT2D eigenvalue weighted by molar-refractivity contribution is 0.0698. The molecular formula is C21H24F3N3OS. The van der Waals surface area contributed by atoms with Gasteiger partial charge in [0.2, 0.25) is 5.95 Å². The third-order valence-electron chi connectivity index (χ3n) is 5.04. The van der Waals surface area contributed by atoms with Crippen molar-refractivity contribution < 1.29 is 18.0 Å². The molecule has 0 N–H and O–H groups in total. The maximum absolute atomic E-state index is 14.5. The van der Waals surface area contributed by atoms with Crippen LogP contribution in [0.25, 0.3) is 5.57 Å². The molecule has 0 saturated heterocycles. The zero-order chi connectivity index (χ0) is 21.3. The van der Waals surface area contributed by atoms with Crippen LogP contribution in [0.1, 0.15) is 54.7 Å². The van der Waals surface area contributed by atoms with Crippen LogP contribution in [0, 0.1) is 5.95 Å². The van der Waals surface area contributed by atoms with Crippen molar-refractivity contribution in [1.29, 1.82) is 0 Å². The molecular weight excluding hydrogens is 399 g/mol. The molecule has 1 amide bonds. The highest BCUT2D eigenvalue weighted by atomic mass is 32.2. The molecule has 1 aromatic carbocycles. The number of carbonyl (C=O) groups excluding carboxylic acids is 1. The predicted octanol–water partition coefficient (Wildman–Crippen LogP) is 5.32. The second kappa shape index (κ2) is 8.65. The topological polar surface area (TPSA) is 38.1 Å². The van der Waals surface area contributed by atoms with Gasteiger partial charge in [-0.05, 0) is 48.8 Å². The molecule has 3 rings (SSSR count). The molecule has 1 aliphatic carbocycles. The van der Waals surface area contributed by atoms with Crippen molar-refractivity contribution in [2.45, 2.75) is 50.1 Å². The van der Waals surface area contributed by atoms with Crippen LogP contribution < -0.4 is 0 Å². The molecule has 1 atom stereocenters. The minimum Gasteiger partial charge on any atom is -0.329 e. The van der Waals surface area contributed by atoms with Crippen molar-refractivity contribution in [1.82, 2.24) is 14.7 Å². The third-order valence-corrected chi connectivity index (χ3v) is 5.91. The molecule has 1 saturated carbocycles. The Morgan fingerprint density at radius 2 is 2.10 bits per heavy atom. The van der Waals surface area contributed by atoms with E-state index in [1.807, 2.05) is 24.3 Å². The number of aromatic nitrogens is 2. The number of alkyl halides is 2. The second-order valence-corrected chi connectivity index (χ2v) is 8.42. The fourth-order valence-electron chi connectivity index (χ4n) is 3.37. The first-order valence-corrected chi connectivity index (χ1v) is 10.5. The first-order chi connectivity index (χ1) is 13.8. The van der Waals surface area contributed by atoms with Crippen molar-refractivity contribution in [3.8, 4) is 0 Å². The van der Waals surface area contributed by atoms with E-state index >= 15 is 0 Å². The number of amides is 1. The Balaban J connectivity index is 1.93. The molecule has 4 nitrogen and oxygen atoms in total. The van der Waals surface area contributed by atoms with E-state index in [2.05, 4.69) is 18.6 Å². The zero-order valence-corrected chi connectivity index (χ0v) is 17.5. The smallest absolute Gasteiger partial charge is 0.283 e. The quantitative estimate of drug-likeness (QED) is 0.540. The summed E-state index contributed by atoms with van der Waals surface area (Å²) in [5.74, 6) is -0.884. The van der Waals surface area contributed by atoms with Gasteiger partial charge in [0, 0.05) is 18.0 Å². The molecule has 1 aliphatic rings. The number of halogens is 3. The Kier molecular flexibility index (Phi) is 6.41. The fourth-order valence-corrected chi connectivity index (χ4v) is 4.09. The summed E-state index contributed by atoms with van der Waals surface area (Å²) in [7, 11) is 1.21. The molecule has 0 aliphatic heterocycles. The molecule has 1 unspecified atom stereocenters. The van der Waals surface area contributed by atoms with Gasteiger partial charge in [0.05, 0.1) is 6.04 Å². The molecule has 0 spiro atoms. The summed E-state index contributed by atoms with van der Waals surface area (Å²) in [4.78, 5) is 15.8. The molecule has 1 heterocycles. The molecule has 8 heteroatoms. The van der Waals surface area contributed by atoms with Gasteiger partial charge in [-0.25, -0.2) is 13.5 Å². The number of benzene rings is 1. The van der Waals surface area contributed by atoms with Gasteiger partial charge in [-0.15, -0.1) is 11.8 Å². The molecule has 156 valence electrons. The van der Waals surface area contributed by atoms with Crippen molar-refractivity contribution in [2.24, 2.45) is 7.05 Å². The lowest BCUT2D eigenvalue weighted by Crippen LogP contribution is -2.41. The highest BCUT2D eigenvalue weighted by Gasteiger charge is 2.41. The lowest BCUT2D eigenvalue weighted by Gasteiger charge is -2.31. The van der Waals surface area contributed by atoms with Gasteiger partial charge in [-0.3, -0.25) is 4.79 Å². The van der Waals surface area contributed by atoms with Crippen LogP contribution in [-0.4, -0.2) is 38.4 Å². The van der Waals surface area contributed by atoms with Crippen LogP contribution >= 0.6 is 11.8 Å². The Morgan fingerprint density at radius 3 is 2.69 bits per heavy atom. The minimum absolute atomic E-state index is 0.118. The third kappa shape index (κ3) is 4.37. The van der Waals surface area contributed by atoms with Gasteiger partial charge in [0.25, 0.3) is 12.3 Å². The first kappa shape index (κ1) is 21.5. The fraction of sp³-hybridized carbons (Fsp3) is 0.429. The summed E-state index contributed by atoms with van der Waals surface area (Å²) < 4.78 is 41.9. The van der Waals surface area contributed by atoms with E-state index in [1.54, 1.807) is 18.7 Å². The summed E-state index contributed by atoms with van der Waals surface area (Å²) in [5.41, 5.74) is 0.0889. The standard InChI is InChI=1S/C21H24F3N3OS/c1-5-29-16-8-6-7-14(11-16)12(2)13(3)27(15-9-10-15)21(28)17-18(19(22)23)25-26(4)20(17)24/h6-8,11,13,15,19H,2,5,9-10H2,1,3-4H3.